The molecule has 2 heteroatoms. The van der Waals surface area contributed by atoms with Crippen LogP contribution in [0.2, 0.25) is 0 Å². The Bertz CT molecular complexity index is 309. The van der Waals surface area contributed by atoms with Crippen LogP contribution in [0.15, 0.2) is 18.2 Å². The average molecular weight is 177 g/mol. The van der Waals surface area contributed by atoms with E-state index in [1.54, 1.807) is 0 Å². The molecule has 1 atom stereocenters. The van der Waals surface area contributed by atoms with Crippen LogP contribution in [0.3, 0.4) is 0 Å². The quantitative estimate of drug-likeness (QED) is 0.718. The largest absolute Gasteiger partial charge is 0.394 e. The summed E-state index contributed by atoms with van der Waals surface area (Å²) in [5.74, 6) is 0. The van der Waals surface area contributed by atoms with Crippen LogP contribution in [0.1, 0.15) is 18.1 Å². The van der Waals surface area contributed by atoms with Crippen molar-refractivity contribution < 1.29 is 5.11 Å². The van der Waals surface area contributed by atoms with Gasteiger partial charge in [0.05, 0.1) is 12.6 Å². The number of aliphatic hydroxyl groups excluding tert-OH is 1. The van der Waals surface area contributed by atoms with Gasteiger partial charge in [-0.05, 0) is 30.0 Å². The van der Waals surface area contributed by atoms with Crippen molar-refractivity contribution in [2.75, 3.05) is 11.9 Å². The Balaban J connectivity index is 2.25. The highest BCUT2D eigenvalue weighted by Crippen LogP contribution is 2.26. The molecule has 0 amide bonds. The highest BCUT2D eigenvalue weighted by Gasteiger charge is 2.19. The Morgan fingerprint density at radius 2 is 2.38 bits per heavy atom. The number of aryl methyl sites for hydroxylation is 1. The van der Waals surface area contributed by atoms with Crippen molar-refractivity contribution >= 4 is 5.69 Å². The maximum absolute atomic E-state index is 9.00. The molecule has 0 aromatic heterocycles. The fourth-order valence-corrected chi connectivity index (χ4v) is 1.82. The molecule has 2 rings (SSSR count). The number of hydrogen-bond acceptors (Lipinski definition) is 2. The zero-order valence-corrected chi connectivity index (χ0v) is 7.88. The van der Waals surface area contributed by atoms with Gasteiger partial charge in [0.15, 0.2) is 0 Å². The summed E-state index contributed by atoms with van der Waals surface area (Å²) in [7, 11) is 0. The minimum absolute atomic E-state index is 0.218. The first kappa shape index (κ1) is 8.57. The molecular formula is C11H15NO. The Kier molecular flexibility index (Phi) is 2.23. The molecule has 1 aromatic carbocycles. The van der Waals surface area contributed by atoms with E-state index in [9.17, 15) is 0 Å². The molecule has 0 unspecified atom stereocenters. The van der Waals surface area contributed by atoms with Crippen LogP contribution in [0.4, 0.5) is 5.69 Å². The number of nitrogens with one attached hydrogen (secondary N) is 1. The summed E-state index contributed by atoms with van der Waals surface area (Å²) in [4.78, 5) is 0. The summed E-state index contributed by atoms with van der Waals surface area (Å²) in [5.41, 5.74) is 3.91. The number of fused-ring (bicyclic) bond motifs is 1. The molecule has 1 heterocycles. The molecule has 0 aliphatic carbocycles. The van der Waals surface area contributed by atoms with Crippen LogP contribution in [-0.4, -0.2) is 17.8 Å². The lowest BCUT2D eigenvalue weighted by molar-refractivity contribution is 0.277. The number of benzene rings is 1. The van der Waals surface area contributed by atoms with E-state index in [0.29, 0.717) is 0 Å². The van der Waals surface area contributed by atoms with E-state index < -0.39 is 0 Å². The third-order valence-electron chi connectivity index (χ3n) is 2.62. The number of rotatable bonds is 2. The molecule has 1 aliphatic heterocycles. The van der Waals surface area contributed by atoms with Crippen LogP contribution in [0.5, 0.6) is 0 Å². The number of anilines is 1. The predicted molar refractivity (Wildman–Crippen MR) is 54.0 cm³/mol. The van der Waals surface area contributed by atoms with Crippen LogP contribution in [0, 0.1) is 0 Å². The summed E-state index contributed by atoms with van der Waals surface area (Å²) in [6.07, 6.45) is 2.04. The molecule has 1 aliphatic rings. The van der Waals surface area contributed by atoms with Crippen LogP contribution >= 0.6 is 0 Å². The van der Waals surface area contributed by atoms with E-state index in [2.05, 4.69) is 30.4 Å². The normalized spacial score (nSPS) is 19.7. The molecule has 0 radical (unpaired) electrons. The number of aliphatic hydroxyl groups is 1. The number of hydrogen-bond donors (Lipinski definition) is 2. The van der Waals surface area contributed by atoms with Crippen molar-refractivity contribution in [2.24, 2.45) is 0 Å². The molecular weight excluding hydrogens is 162 g/mol. The molecule has 0 saturated carbocycles. The van der Waals surface area contributed by atoms with E-state index in [1.807, 2.05) is 0 Å². The molecule has 2 N–H and O–H groups in total. The van der Waals surface area contributed by atoms with E-state index in [1.165, 1.54) is 16.8 Å². The molecule has 0 spiro atoms. The van der Waals surface area contributed by atoms with Crippen LogP contribution in [0.25, 0.3) is 0 Å². The molecule has 70 valence electrons. The van der Waals surface area contributed by atoms with E-state index >= 15 is 0 Å². The molecule has 2 nitrogen and oxygen atoms in total. The minimum Gasteiger partial charge on any atom is -0.394 e. The smallest absolute Gasteiger partial charge is 0.0636 e. The van der Waals surface area contributed by atoms with E-state index in [-0.39, 0.29) is 12.6 Å². The molecule has 13 heavy (non-hydrogen) atoms. The van der Waals surface area contributed by atoms with Crippen molar-refractivity contribution in [1.29, 1.82) is 0 Å². The molecule has 0 saturated heterocycles. The fourth-order valence-electron chi connectivity index (χ4n) is 1.82. The van der Waals surface area contributed by atoms with Gasteiger partial charge < -0.3 is 10.4 Å². The first-order valence-corrected chi connectivity index (χ1v) is 4.82. The second kappa shape index (κ2) is 3.38. The lowest BCUT2D eigenvalue weighted by Gasteiger charge is -2.05. The van der Waals surface area contributed by atoms with Crippen molar-refractivity contribution in [3.8, 4) is 0 Å². The summed E-state index contributed by atoms with van der Waals surface area (Å²) in [6.45, 7) is 2.38. The Hall–Kier alpha value is -1.02. The summed E-state index contributed by atoms with van der Waals surface area (Å²) in [6, 6.07) is 6.72. The Labute approximate surface area is 78.6 Å². The third kappa shape index (κ3) is 1.54. The topological polar surface area (TPSA) is 32.3 Å². The van der Waals surface area contributed by atoms with Gasteiger partial charge in [0.1, 0.15) is 0 Å². The van der Waals surface area contributed by atoms with Gasteiger partial charge in [0, 0.05) is 5.69 Å². The Morgan fingerprint density at radius 3 is 3.08 bits per heavy atom. The van der Waals surface area contributed by atoms with Crippen LogP contribution in [-0.2, 0) is 12.8 Å². The highest BCUT2D eigenvalue weighted by molar-refractivity contribution is 5.58. The van der Waals surface area contributed by atoms with Gasteiger partial charge >= 0.3 is 0 Å². The average Bonchev–Trinajstić information content (AvgIpc) is 2.58. The zero-order valence-electron chi connectivity index (χ0n) is 7.88. The SMILES string of the molecule is CCc1ccc2c(c1)C[C@H](CO)N2. The summed E-state index contributed by atoms with van der Waals surface area (Å²) >= 11 is 0. The second-order valence-electron chi connectivity index (χ2n) is 3.57. The second-order valence-corrected chi connectivity index (χ2v) is 3.57. The first-order chi connectivity index (χ1) is 6.33. The molecule has 0 bridgehead atoms. The predicted octanol–water partition coefficient (Wildman–Crippen LogP) is 1.58. The maximum Gasteiger partial charge on any atom is 0.0636 e. The van der Waals surface area contributed by atoms with Gasteiger partial charge in [0.25, 0.3) is 0 Å². The van der Waals surface area contributed by atoms with Crippen LogP contribution < -0.4 is 5.32 Å². The van der Waals surface area contributed by atoms with Gasteiger partial charge in [-0.25, -0.2) is 0 Å². The zero-order chi connectivity index (χ0) is 9.26. The van der Waals surface area contributed by atoms with Crippen molar-refractivity contribution in [3.05, 3.63) is 29.3 Å². The van der Waals surface area contributed by atoms with Gasteiger partial charge in [-0.15, -0.1) is 0 Å². The molecule has 1 aromatic rings. The Morgan fingerprint density at radius 1 is 1.54 bits per heavy atom. The first-order valence-electron chi connectivity index (χ1n) is 4.82. The van der Waals surface area contributed by atoms with Crippen molar-refractivity contribution in [2.45, 2.75) is 25.8 Å². The third-order valence-corrected chi connectivity index (χ3v) is 2.62. The summed E-state index contributed by atoms with van der Waals surface area (Å²) in [5, 5.41) is 12.3. The lowest BCUT2D eigenvalue weighted by Crippen LogP contribution is -2.19. The summed E-state index contributed by atoms with van der Waals surface area (Å²) < 4.78 is 0. The van der Waals surface area contributed by atoms with E-state index in [4.69, 9.17) is 5.11 Å². The molecule has 0 fully saturated rings. The van der Waals surface area contributed by atoms with Gasteiger partial charge in [-0.3, -0.25) is 0 Å². The maximum atomic E-state index is 9.00. The van der Waals surface area contributed by atoms with Gasteiger partial charge in [-0.2, -0.15) is 0 Å². The van der Waals surface area contributed by atoms with Gasteiger partial charge in [0.2, 0.25) is 0 Å². The monoisotopic (exact) mass is 177 g/mol. The fraction of sp³-hybridized carbons (Fsp3) is 0.455. The van der Waals surface area contributed by atoms with Crippen molar-refractivity contribution in [1.82, 2.24) is 0 Å². The van der Waals surface area contributed by atoms with Crippen molar-refractivity contribution in [3.63, 3.8) is 0 Å². The van der Waals surface area contributed by atoms with E-state index in [0.717, 1.165) is 12.8 Å². The lowest BCUT2D eigenvalue weighted by atomic mass is 10.1. The van der Waals surface area contributed by atoms with Gasteiger partial charge in [-0.1, -0.05) is 19.1 Å². The highest BCUT2D eigenvalue weighted by atomic mass is 16.3. The standard InChI is InChI=1S/C11H15NO/c1-2-8-3-4-11-9(5-8)6-10(7-13)12-11/h3-5,10,12-13H,2,6-7H2,1H3/t10-/m1/s1. The minimum atomic E-state index is 0.218.